The van der Waals surface area contributed by atoms with Gasteiger partial charge in [-0.3, -0.25) is 0 Å². The number of aromatic nitrogens is 3. The molecule has 2 aromatic rings. The van der Waals surface area contributed by atoms with Crippen LogP contribution in [0.3, 0.4) is 0 Å². The number of hydrogen-bond donors (Lipinski definition) is 0. The van der Waals surface area contributed by atoms with E-state index in [9.17, 15) is 13.2 Å². The zero-order valence-corrected chi connectivity index (χ0v) is 14.4. The van der Waals surface area contributed by atoms with Crippen LogP contribution in [0.2, 0.25) is 0 Å². The van der Waals surface area contributed by atoms with Crippen molar-refractivity contribution in [1.82, 2.24) is 15.0 Å². The van der Waals surface area contributed by atoms with E-state index < -0.39 is 11.7 Å². The van der Waals surface area contributed by atoms with E-state index in [1.165, 1.54) is 6.20 Å². The van der Waals surface area contributed by atoms with Crippen molar-refractivity contribution in [1.29, 1.82) is 0 Å². The Labute approximate surface area is 149 Å². The van der Waals surface area contributed by atoms with Crippen LogP contribution in [0.4, 0.5) is 24.9 Å². The first-order valence-corrected chi connectivity index (χ1v) is 8.76. The Kier molecular flexibility index (Phi) is 4.20. The number of piperidine rings is 1. The van der Waals surface area contributed by atoms with E-state index in [1.54, 1.807) is 6.20 Å². The van der Waals surface area contributed by atoms with Crippen molar-refractivity contribution in [3.05, 3.63) is 41.9 Å². The lowest BCUT2D eigenvalue weighted by molar-refractivity contribution is -0.137. The molecule has 2 atom stereocenters. The molecule has 0 bridgehead atoms. The van der Waals surface area contributed by atoms with Crippen LogP contribution in [-0.2, 0) is 6.18 Å². The van der Waals surface area contributed by atoms with Gasteiger partial charge in [0.05, 0.1) is 11.6 Å². The molecule has 0 N–H and O–H groups in total. The Hall–Kier alpha value is -2.38. The molecule has 0 amide bonds. The van der Waals surface area contributed by atoms with E-state index in [0.717, 1.165) is 43.8 Å². The Morgan fingerprint density at radius 1 is 1.08 bits per heavy atom. The molecule has 2 unspecified atom stereocenters. The Bertz CT molecular complexity index is 794. The van der Waals surface area contributed by atoms with E-state index in [0.29, 0.717) is 24.2 Å². The van der Waals surface area contributed by atoms with E-state index >= 15 is 0 Å². The second-order valence-corrected chi connectivity index (χ2v) is 6.94. The molecular formula is C18H20F3N5. The summed E-state index contributed by atoms with van der Waals surface area (Å²) in [5.74, 6) is 1.60. The van der Waals surface area contributed by atoms with Gasteiger partial charge in [-0.25, -0.2) is 15.0 Å². The van der Waals surface area contributed by atoms with Crippen LogP contribution >= 0.6 is 0 Å². The minimum absolute atomic E-state index is 0.196. The van der Waals surface area contributed by atoms with Crippen LogP contribution in [0.5, 0.6) is 0 Å². The summed E-state index contributed by atoms with van der Waals surface area (Å²) in [5, 5.41) is 0. The minimum atomic E-state index is -4.36. The first kappa shape index (κ1) is 17.1. The molecule has 2 aromatic heterocycles. The maximum atomic E-state index is 13.0. The molecule has 0 saturated carbocycles. The molecule has 5 nitrogen and oxygen atoms in total. The van der Waals surface area contributed by atoms with Gasteiger partial charge in [-0.2, -0.15) is 13.2 Å². The summed E-state index contributed by atoms with van der Waals surface area (Å²) < 4.78 is 39.0. The maximum absolute atomic E-state index is 13.0. The molecule has 138 valence electrons. The van der Waals surface area contributed by atoms with Crippen molar-refractivity contribution in [3.63, 3.8) is 0 Å². The quantitative estimate of drug-likeness (QED) is 0.819. The summed E-state index contributed by atoms with van der Waals surface area (Å²) >= 11 is 0. The van der Waals surface area contributed by atoms with Crippen LogP contribution in [0, 0.1) is 12.8 Å². The van der Waals surface area contributed by atoms with Crippen molar-refractivity contribution in [2.75, 3.05) is 29.4 Å². The lowest BCUT2D eigenvalue weighted by Crippen LogP contribution is -2.49. The zero-order valence-electron chi connectivity index (χ0n) is 14.4. The third kappa shape index (κ3) is 3.20. The molecule has 2 fully saturated rings. The predicted molar refractivity (Wildman–Crippen MR) is 92.1 cm³/mol. The molecule has 2 saturated heterocycles. The molecule has 0 aliphatic carbocycles. The average Bonchev–Trinajstić information content (AvgIpc) is 3.04. The second kappa shape index (κ2) is 6.41. The Balaban J connectivity index is 1.57. The number of nitrogens with zero attached hydrogens (tertiary/aromatic N) is 5. The van der Waals surface area contributed by atoms with Crippen molar-refractivity contribution >= 4 is 11.8 Å². The fraction of sp³-hybridized carbons (Fsp3) is 0.500. The Morgan fingerprint density at radius 2 is 1.85 bits per heavy atom. The molecule has 8 heteroatoms. The fourth-order valence-electron chi connectivity index (χ4n) is 3.94. The lowest BCUT2D eigenvalue weighted by atomic mass is 9.92. The highest BCUT2D eigenvalue weighted by molar-refractivity contribution is 5.45. The smallest absolute Gasteiger partial charge is 0.355 e. The molecule has 26 heavy (non-hydrogen) atoms. The molecule has 2 aliphatic rings. The second-order valence-electron chi connectivity index (χ2n) is 6.94. The normalized spacial score (nSPS) is 23.2. The van der Waals surface area contributed by atoms with Gasteiger partial charge in [0.1, 0.15) is 5.82 Å². The van der Waals surface area contributed by atoms with Crippen molar-refractivity contribution in [2.24, 2.45) is 5.92 Å². The molecule has 4 rings (SSSR count). The van der Waals surface area contributed by atoms with Crippen molar-refractivity contribution in [2.45, 2.75) is 32.0 Å². The third-order valence-corrected chi connectivity index (χ3v) is 5.30. The molecule has 2 aliphatic heterocycles. The van der Waals surface area contributed by atoms with Gasteiger partial charge < -0.3 is 9.80 Å². The van der Waals surface area contributed by atoms with Gasteiger partial charge in [-0.1, -0.05) is 0 Å². The largest absolute Gasteiger partial charge is 0.416 e. The number of halogens is 3. The molecule has 0 radical (unpaired) electrons. The van der Waals surface area contributed by atoms with Crippen LogP contribution in [-0.4, -0.2) is 40.6 Å². The lowest BCUT2D eigenvalue weighted by Gasteiger charge is -2.39. The van der Waals surface area contributed by atoms with Crippen LogP contribution < -0.4 is 9.80 Å². The van der Waals surface area contributed by atoms with Gasteiger partial charge in [0.25, 0.3) is 0 Å². The monoisotopic (exact) mass is 363 g/mol. The first-order valence-electron chi connectivity index (χ1n) is 8.76. The highest BCUT2D eigenvalue weighted by atomic mass is 19.4. The minimum Gasteiger partial charge on any atom is -0.355 e. The summed E-state index contributed by atoms with van der Waals surface area (Å²) in [7, 11) is 0. The van der Waals surface area contributed by atoms with Crippen LogP contribution in [0.25, 0.3) is 0 Å². The Morgan fingerprint density at radius 3 is 2.62 bits per heavy atom. The van der Waals surface area contributed by atoms with Gasteiger partial charge in [-0.05, 0) is 43.9 Å². The summed E-state index contributed by atoms with van der Waals surface area (Å²) in [6.07, 6.45) is 0.627. The standard InChI is InChI=1S/C18H20F3N5/c1-12-2-6-23-17(24-12)26-9-5-13-4-8-25(11-15(13)26)16-10-14(3-7-22-16)18(19,20)21/h2-3,6-7,10,13,15H,4-5,8-9,11H2,1H3. The summed E-state index contributed by atoms with van der Waals surface area (Å²) in [6.45, 7) is 4.16. The molecule has 0 aromatic carbocycles. The van der Waals surface area contributed by atoms with Gasteiger partial charge >= 0.3 is 6.18 Å². The van der Waals surface area contributed by atoms with Gasteiger partial charge in [-0.15, -0.1) is 0 Å². The molecular weight excluding hydrogens is 343 g/mol. The van der Waals surface area contributed by atoms with Crippen LogP contribution in [0.15, 0.2) is 30.6 Å². The molecule has 0 spiro atoms. The van der Waals surface area contributed by atoms with Gasteiger partial charge in [0, 0.05) is 37.7 Å². The summed E-state index contributed by atoms with van der Waals surface area (Å²) in [5.41, 5.74) is 0.251. The van der Waals surface area contributed by atoms with Crippen molar-refractivity contribution in [3.8, 4) is 0 Å². The first-order chi connectivity index (χ1) is 12.4. The number of hydrogen-bond acceptors (Lipinski definition) is 5. The number of aryl methyl sites for hydroxylation is 1. The van der Waals surface area contributed by atoms with Gasteiger partial charge in [0.15, 0.2) is 0 Å². The van der Waals surface area contributed by atoms with E-state index in [2.05, 4.69) is 19.9 Å². The average molecular weight is 363 g/mol. The van der Waals surface area contributed by atoms with E-state index in [-0.39, 0.29) is 6.04 Å². The van der Waals surface area contributed by atoms with E-state index in [1.807, 2.05) is 17.9 Å². The number of fused-ring (bicyclic) bond motifs is 1. The number of anilines is 2. The maximum Gasteiger partial charge on any atom is 0.416 e. The van der Waals surface area contributed by atoms with E-state index in [4.69, 9.17) is 0 Å². The number of pyridine rings is 1. The zero-order chi connectivity index (χ0) is 18.3. The number of rotatable bonds is 2. The SMILES string of the molecule is Cc1ccnc(N2CCC3CCN(c4cc(C(F)(F)F)ccn4)CC32)n1. The van der Waals surface area contributed by atoms with Crippen molar-refractivity contribution < 1.29 is 13.2 Å². The highest BCUT2D eigenvalue weighted by Crippen LogP contribution is 2.36. The fourth-order valence-corrected chi connectivity index (χ4v) is 3.94. The predicted octanol–water partition coefficient (Wildman–Crippen LogP) is 3.30. The summed E-state index contributed by atoms with van der Waals surface area (Å²) in [4.78, 5) is 17.2. The highest BCUT2D eigenvalue weighted by Gasteiger charge is 2.40. The topological polar surface area (TPSA) is 45.2 Å². The number of alkyl halides is 3. The molecule has 4 heterocycles. The third-order valence-electron chi connectivity index (χ3n) is 5.30. The van der Waals surface area contributed by atoms with Crippen LogP contribution in [0.1, 0.15) is 24.1 Å². The van der Waals surface area contributed by atoms with Gasteiger partial charge in [0.2, 0.25) is 5.95 Å². The summed E-state index contributed by atoms with van der Waals surface area (Å²) in [6, 6.07) is 4.21.